The minimum absolute atomic E-state index is 0.134. The van der Waals surface area contributed by atoms with Gasteiger partial charge in [0, 0.05) is 22.0 Å². The third kappa shape index (κ3) is 1.69. The number of nitrogens with zero attached hydrogens (tertiary/aromatic N) is 2. The van der Waals surface area contributed by atoms with E-state index in [-0.39, 0.29) is 6.04 Å². The molecule has 0 aliphatic heterocycles. The molecule has 2 heterocycles. The molecule has 1 unspecified atom stereocenters. The Morgan fingerprint density at radius 1 is 1.38 bits per heavy atom. The second-order valence-electron chi connectivity index (χ2n) is 4.12. The van der Waals surface area contributed by atoms with Gasteiger partial charge in [0.15, 0.2) is 10.0 Å². The summed E-state index contributed by atoms with van der Waals surface area (Å²) in [5, 5.41) is 4.14. The molecule has 2 aromatic rings. The normalized spacial score (nSPS) is 19.8. The Labute approximate surface area is 102 Å². The first-order valence-corrected chi connectivity index (χ1v) is 7.11. The molecule has 84 valence electrons. The lowest BCUT2D eigenvalue weighted by atomic mass is 9.99. The van der Waals surface area contributed by atoms with Crippen LogP contribution in [0.15, 0.2) is 5.38 Å². The number of thiazole rings is 2. The van der Waals surface area contributed by atoms with Gasteiger partial charge in [0.05, 0.1) is 5.69 Å². The van der Waals surface area contributed by atoms with Gasteiger partial charge in [-0.15, -0.1) is 22.7 Å². The fourth-order valence-corrected chi connectivity index (χ4v) is 4.00. The van der Waals surface area contributed by atoms with Gasteiger partial charge >= 0.3 is 0 Å². The lowest BCUT2D eigenvalue weighted by molar-refractivity contribution is 0.564. The Morgan fingerprint density at radius 3 is 2.94 bits per heavy atom. The van der Waals surface area contributed by atoms with Crippen molar-refractivity contribution < 1.29 is 0 Å². The highest BCUT2D eigenvalue weighted by Gasteiger charge is 2.22. The molecule has 1 atom stereocenters. The number of aryl methyl sites for hydroxylation is 2. The minimum atomic E-state index is 0.134. The van der Waals surface area contributed by atoms with E-state index in [1.807, 2.05) is 6.92 Å². The molecule has 2 aromatic heterocycles. The molecule has 3 nitrogen and oxygen atoms in total. The predicted molar refractivity (Wildman–Crippen MR) is 67.8 cm³/mol. The Kier molecular flexibility index (Phi) is 2.53. The van der Waals surface area contributed by atoms with Crippen LogP contribution in [0.1, 0.15) is 35.1 Å². The van der Waals surface area contributed by atoms with Crippen LogP contribution in [0.3, 0.4) is 0 Å². The molecule has 0 fully saturated rings. The van der Waals surface area contributed by atoms with E-state index in [1.165, 1.54) is 11.3 Å². The standard InChI is InChI=1S/C11H13N3S2/c1-6-5-15-10(13-6)11-14-9-7(12)3-2-4-8(9)16-11/h5,7H,2-4,12H2,1H3. The van der Waals surface area contributed by atoms with Crippen molar-refractivity contribution in [1.82, 2.24) is 9.97 Å². The molecule has 5 heteroatoms. The molecular formula is C11H13N3S2. The van der Waals surface area contributed by atoms with Gasteiger partial charge in [-0.25, -0.2) is 9.97 Å². The molecule has 0 saturated carbocycles. The average Bonchev–Trinajstić information content (AvgIpc) is 2.84. The van der Waals surface area contributed by atoms with Crippen molar-refractivity contribution in [3.05, 3.63) is 21.6 Å². The summed E-state index contributed by atoms with van der Waals surface area (Å²) in [4.78, 5) is 10.5. The lowest BCUT2D eigenvalue weighted by Gasteiger charge is -2.15. The first-order chi connectivity index (χ1) is 7.74. The van der Waals surface area contributed by atoms with Gasteiger partial charge in [0.2, 0.25) is 0 Å². The highest BCUT2D eigenvalue weighted by Crippen LogP contribution is 2.36. The van der Waals surface area contributed by atoms with Gasteiger partial charge in [-0.1, -0.05) is 0 Å². The molecule has 0 aromatic carbocycles. The van der Waals surface area contributed by atoms with Gasteiger partial charge in [-0.3, -0.25) is 0 Å². The molecule has 0 bridgehead atoms. The lowest BCUT2D eigenvalue weighted by Crippen LogP contribution is -2.16. The zero-order valence-corrected chi connectivity index (χ0v) is 10.7. The summed E-state index contributed by atoms with van der Waals surface area (Å²) < 4.78 is 0. The number of nitrogens with two attached hydrogens (primary N) is 1. The quantitative estimate of drug-likeness (QED) is 0.848. The summed E-state index contributed by atoms with van der Waals surface area (Å²) >= 11 is 3.43. The zero-order chi connectivity index (χ0) is 11.1. The molecule has 16 heavy (non-hydrogen) atoms. The summed E-state index contributed by atoms with van der Waals surface area (Å²) in [5.74, 6) is 0. The number of hydrogen-bond acceptors (Lipinski definition) is 5. The van der Waals surface area contributed by atoms with E-state index in [0.29, 0.717) is 0 Å². The fourth-order valence-electron chi connectivity index (χ4n) is 2.00. The van der Waals surface area contributed by atoms with Crippen molar-refractivity contribution >= 4 is 22.7 Å². The third-order valence-electron chi connectivity index (χ3n) is 2.80. The van der Waals surface area contributed by atoms with Gasteiger partial charge in [-0.2, -0.15) is 0 Å². The number of hydrogen-bond donors (Lipinski definition) is 1. The van der Waals surface area contributed by atoms with Crippen LogP contribution in [0.4, 0.5) is 0 Å². The highest BCUT2D eigenvalue weighted by atomic mass is 32.1. The molecule has 1 aliphatic carbocycles. The summed E-state index contributed by atoms with van der Waals surface area (Å²) in [6.45, 7) is 2.01. The second-order valence-corrected chi connectivity index (χ2v) is 6.06. The predicted octanol–water partition coefficient (Wildman–Crippen LogP) is 2.91. The topological polar surface area (TPSA) is 51.8 Å². The first-order valence-electron chi connectivity index (χ1n) is 5.41. The Morgan fingerprint density at radius 2 is 2.25 bits per heavy atom. The van der Waals surface area contributed by atoms with Gasteiger partial charge in [0.25, 0.3) is 0 Å². The average molecular weight is 251 g/mol. The van der Waals surface area contributed by atoms with E-state index in [2.05, 4.69) is 15.3 Å². The van der Waals surface area contributed by atoms with E-state index in [9.17, 15) is 0 Å². The van der Waals surface area contributed by atoms with E-state index in [1.54, 1.807) is 22.7 Å². The van der Waals surface area contributed by atoms with Crippen molar-refractivity contribution in [3.63, 3.8) is 0 Å². The number of aromatic nitrogens is 2. The van der Waals surface area contributed by atoms with E-state index >= 15 is 0 Å². The molecule has 1 aliphatic rings. The SMILES string of the molecule is Cc1csc(-c2nc3c(s2)CCCC3N)n1. The molecule has 3 rings (SSSR count). The van der Waals surface area contributed by atoms with Crippen molar-refractivity contribution in [1.29, 1.82) is 0 Å². The monoisotopic (exact) mass is 251 g/mol. The zero-order valence-electron chi connectivity index (χ0n) is 9.06. The number of fused-ring (bicyclic) bond motifs is 1. The fraction of sp³-hybridized carbons (Fsp3) is 0.455. The van der Waals surface area contributed by atoms with Crippen molar-refractivity contribution in [2.24, 2.45) is 5.73 Å². The Balaban J connectivity index is 2.04. The molecule has 0 radical (unpaired) electrons. The van der Waals surface area contributed by atoms with E-state index in [0.717, 1.165) is 34.2 Å². The summed E-state index contributed by atoms with van der Waals surface area (Å²) in [7, 11) is 0. The summed E-state index contributed by atoms with van der Waals surface area (Å²) in [5.41, 5.74) is 8.25. The first kappa shape index (κ1) is 10.4. The minimum Gasteiger partial charge on any atom is -0.323 e. The van der Waals surface area contributed by atoms with E-state index < -0.39 is 0 Å². The van der Waals surface area contributed by atoms with Crippen LogP contribution in [0.25, 0.3) is 10.0 Å². The molecule has 0 amide bonds. The Hall–Kier alpha value is -0.780. The van der Waals surface area contributed by atoms with Crippen LogP contribution in [0.5, 0.6) is 0 Å². The second kappa shape index (κ2) is 3.91. The maximum Gasteiger partial charge on any atom is 0.152 e. The van der Waals surface area contributed by atoms with Gasteiger partial charge in [-0.05, 0) is 26.2 Å². The van der Waals surface area contributed by atoms with Crippen LogP contribution in [0.2, 0.25) is 0 Å². The van der Waals surface area contributed by atoms with Crippen molar-refractivity contribution in [2.75, 3.05) is 0 Å². The largest absolute Gasteiger partial charge is 0.323 e. The maximum absolute atomic E-state index is 6.07. The van der Waals surface area contributed by atoms with Crippen LogP contribution < -0.4 is 5.73 Å². The van der Waals surface area contributed by atoms with Crippen molar-refractivity contribution in [2.45, 2.75) is 32.2 Å². The summed E-state index contributed by atoms with van der Waals surface area (Å²) in [6, 6.07) is 0.134. The van der Waals surface area contributed by atoms with E-state index in [4.69, 9.17) is 5.73 Å². The Bertz CT molecular complexity index is 515. The summed E-state index contributed by atoms with van der Waals surface area (Å²) in [6.07, 6.45) is 3.38. The maximum atomic E-state index is 6.07. The molecule has 2 N–H and O–H groups in total. The molecule has 0 saturated heterocycles. The van der Waals surface area contributed by atoms with Crippen LogP contribution in [0, 0.1) is 6.92 Å². The van der Waals surface area contributed by atoms with Crippen molar-refractivity contribution in [3.8, 4) is 10.0 Å². The third-order valence-corrected chi connectivity index (χ3v) is 5.03. The van der Waals surface area contributed by atoms with Crippen LogP contribution in [-0.4, -0.2) is 9.97 Å². The smallest absolute Gasteiger partial charge is 0.152 e. The molecular weight excluding hydrogens is 238 g/mol. The highest BCUT2D eigenvalue weighted by molar-refractivity contribution is 7.20. The van der Waals surface area contributed by atoms with Gasteiger partial charge in [0.1, 0.15) is 0 Å². The van der Waals surface area contributed by atoms with Crippen LogP contribution >= 0.6 is 22.7 Å². The number of rotatable bonds is 1. The molecule has 0 spiro atoms. The van der Waals surface area contributed by atoms with Crippen LogP contribution in [-0.2, 0) is 6.42 Å². The van der Waals surface area contributed by atoms with Gasteiger partial charge < -0.3 is 5.73 Å².